The minimum Gasteiger partial charge on any atom is -0.314 e. The van der Waals surface area contributed by atoms with Gasteiger partial charge in [0.1, 0.15) is 7.14 Å². The van der Waals surface area contributed by atoms with Crippen molar-refractivity contribution in [1.29, 1.82) is 0 Å². The van der Waals surface area contributed by atoms with Gasteiger partial charge in [-0.1, -0.05) is 55.3 Å². The number of unbranched alkanes of at least 4 members (excludes halogenated alkanes) is 1. The van der Waals surface area contributed by atoms with E-state index in [1.807, 2.05) is 54.6 Å². The SMILES string of the molecule is CCCC[P@@](=O)(c1ccccc1)c1ccc(Cl)cc1. The van der Waals surface area contributed by atoms with Gasteiger partial charge in [0, 0.05) is 21.8 Å². The van der Waals surface area contributed by atoms with Gasteiger partial charge in [-0.3, -0.25) is 0 Å². The number of rotatable bonds is 5. The van der Waals surface area contributed by atoms with Crippen LogP contribution in [0.15, 0.2) is 54.6 Å². The van der Waals surface area contributed by atoms with E-state index in [1.165, 1.54) is 0 Å². The van der Waals surface area contributed by atoms with E-state index in [1.54, 1.807) is 0 Å². The Labute approximate surface area is 120 Å². The molecule has 1 nitrogen and oxygen atoms in total. The zero-order valence-corrected chi connectivity index (χ0v) is 12.7. The Morgan fingerprint density at radius 1 is 0.947 bits per heavy atom. The molecule has 0 fully saturated rings. The first kappa shape index (κ1) is 14.4. The maximum absolute atomic E-state index is 13.4. The molecule has 1 atom stereocenters. The summed E-state index contributed by atoms with van der Waals surface area (Å²) in [6.45, 7) is 2.12. The average molecular weight is 293 g/mol. The van der Waals surface area contributed by atoms with Crippen molar-refractivity contribution in [3.63, 3.8) is 0 Å². The zero-order chi connectivity index (χ0) is 13.7. The van der Waals surface area contributed by atoms with Crippen molar-refractivity contribution < 1.29 is 4.57 Å². The largest absolute Gasteiger partial charge is 0.314 e. The maximum Gasteiger partial charge on any atom is 0.143 e. The highest BCUT2D eigenvalue weighted by molar-refractivity contribution is 7.78. The minimum absolute atomic E-state index is 0.679. The first-order valence-electron chi connectivity index (χ1n) is 6.57. The number of hydrogen-bond donors (Lipinski definition) is 0. The van der Waals surface area contributed by atoms with Crippen LogP contribution in [-0.4, -0.2) is 6.16 Å². The minimum atomic E-state index is -2.52. The molecule has 0 saturated heterocycles. The molecule has 0 N–H and O–H groups in total. The molecule has 3 heteroatoms. The monoisotopic (exact) mass is 292 g/mol. The lowest BCUT2D eigenvalue weighted by Gasteiger charge is -2.19. The molecule has 19 heavy (non-hydrogen) atoms. The summed E-state index contributed by atoms with van der Waals surface area (Å²) in [5.41, 5.74) is 0. The Balaban J connectivity index is 2.46. The Morgan fingerprint density at radius 2 is 1.53 bits per heavy atom. The highest BCUT2D eigenvalue weighted by Crippen LogP contribution is 2.44. The molecule has 0 radical (unpaired) electrons. The predicted molar refractivity (Wildman–Crippen MR) is 84.5 cm³/mol. The van der Waals surface area contributed by atoms with Crippen LogP contribution in [-0.2, 0) is 4.57 Å². The van der Waals surface area contributed by atoms with Gasteiger partial charge >= 0.3 is 0 Å². The molecule has 0 saturated carbocycles. The van der Waals surface area contributed by atoms with Gasteiger partial charge in [-0.05, 0) is 30.7 Å². The molecule has 0 heterocycles. The second kappa shape index (κ2) is 6.41. The fraction of sp³-hybridized carbons (Fsp3) is 0.250. The van der Waals surface area contributed by atoms with E-state index < -0.39 is 7.14 Å². The molecule has 0 aliphatic heterocycles. The second-order valence-corrected chi connectivity index (χ2v) is 8.02. The van der Waals surface area contributed by atoms with Gasteiger partial charge in [0.2, 0.25) is 0 Å². The fourth-order valence-electron chi connectivity index (χ4n) is 2.14. The lowest BCUT2D eigenvalue weighted by molar-refractivity contribution is 0.585. The van der Waals surface area contributed by atoms with E-state index in [0.717, 1.165) is 29.6 Å². The van der Waals surface area contributed by atoms with Crippen LogP contribution in [0.4, 0.5) is 0 Å². The van der Waals surface area contributed by atoms with Crippen molar-refractivity contribution in [2.24, 2.45) is 0 Å². The van der Waals surface area contributed by atoms with Crippen LogP contribution in [0.3, 0.4) is 0 Å². The number of halogens is 1. The fourth-order valence-corrected chi connectivity index (χ4v) is 5.13. The van der Waals surface area contributed by atoms with Crippen LogP contribution in [0.5, 0.6) is 0 Å². The zero-order valence-electron chi connectivity index (χ0n) is 11.1. The molecule has 0 amide bonds. The number of benzene rings is 2. The molecular weight excluding hydrogens is 275 g/mol. The smallest absolute Gasteiger partial charge is 0.143 e. The Morgan fingerprint density at radius 3 is 2.11 bits per heavy atom. The van der Waals surface area contributed by atoms with Gasteiger partial charge in [0.25, 0.3) is 0 Å². The van der Waals surface area contributed by atoms with Crippen molar-refractivity contribution in [2.75, 3.05) is 6.16 Å². The molecule has 0 unspecified atom stereocenters. The van der Waals surface area contributed by atoms with Crippen LogP contribution in [0.25, 0.3) is 0 Å². The first-order valence-corrected chi connectivity index (χ1v) is 8.84. The third-order valence-corrected chi connectivity index (χ3v) is 6.71. The van der Waals surface area contributed by atoms with E-state index in [2.05, 4.69) is 6.92 Å². The van der Waals surface area contributed by atoms with E-state index >= 15 is 0 Å². The van der Waals surface area contributed by atoms with Crippen LogP contribution in [0, 0.1) is 0 Å². The topological polar surface area (TPSA) is 17.1 Å². The second-order valence-electron chi connectivity index (χ2n) is 4.63. The molecule has 2 aromatic carbocycles. The summed E-state index contributed by atoms with van der Waals surface area (Å²) in [5, 5.41) is 2.51. The summed E-state index contributed by atoms with van der Waals surface area (Å²) >= 11 is 5.92. The molecule has 2 rings (SSSR count). The van der Waals surface area contributed by atoms with E-state index in [4.69, 9.17) is 11.6 Å². The number of hydrogen-bond acceptors (Lipinski definition) is 1. The van der Waals surface area contributed by atoms with E-state index in [-0.39, 0.29) is 0 Å². The highest BCUT2D eigenvalue weighted by atomic mass is 35.5. The lowest BCUT2D eigenvalue weighted by atomic mass is 10.4. The van der Waals surface area contributed by atoms with Gasteiger partial charge in [-0.15, -0.1) is 0 Å². The van der Waals surface area contributed by atoms with Gasteiger partial charge in [-0.25, -0.2) is 0 Å². The quantitative estimate of drug-likeness (QED) is 0.744. The van der Waals surface area contributed by atoms with E-state index in [9.17, 15) is 4.57 Å². The molecule has 0 bridgehead atoms. The average Bonchev–Trinajstić information content (AvgIpc) is 2.46. The van der Waals surface area contributed by atoms with Crippen LogP contribution in [0.2, 0.25) is 5.02 Å². The van der Waals surface area contributed by atoms with Gasteiger partial charge in [-0.2, -0.15) is 0 Å². The maximum atomic E-state index is 13.4. The van der Waals surface area contributed by atoms with Crippen LogP contribution in [0.1, 0.15) is 19.8 Å². The Hall–Kier alpha value is -1.04. The van der Waals surface area contributed by atoms with Gasteiger partial charge in [0.05, 0.1) is 0 Å². The molecule has 0 aromatic heterocycles. The van der Waals surface area contributed by atoms with E-state index in [0.29, 0.717) is 5.02 Å². The molecule has 100 valence electrons. The molecule has 0 spiro atoms. The summed E-state index contributed by atoms with van der Waals surface area (Å²) < 4.78 is 13.4. The standard InChI is InChI=1S/C16H18ClOP/c1-2-3-13-19(18,15-7-5-4-6-8-15)16-11-9-14(17)10-12-16/h4-12H,2-3,13H2,1H3/t19-/m1/s1. The lowest BCUT2D eigenvalue weighted by Crippen LogP contribution is -2.18. The first-order chi connectivity index (χ1) is 9.16. The molecule has 0 aliphatic carbocycles. The third-order valence-electron chi connectivity index (χ3n) is 3.24. The summed E-state index contributed by atoms with van der Waals surface area (Å²) in [6.07, 6.45) is 2.73. The molecule has 2 aromatic rings. The van der Waals surface area contributed by atoms with Crippen molar-refractivity contribution in [3.05, 3.63) is 59.6 Å². The normalized spacial score (nSPS) is 14.0. The molecular formula is C16H18ClOP. The highest BCUT2D eigenvalue weighted by Gasteiger charge is 2.26. The molecule has 0 aliphatic rings. The van der Waals surface area contributed by atoms with Crippen LogP contribution >= 0.6 is 18.7 Å². The Bertz CT molecular complexity index is 563. The van der Waals surface area contributed by atoms with Crippen molar-refractivity contribution >= 4 is 29.4 Å². The van der Waals surface area contributed by atoms with Crippen molar-refractivity contribution in [3.8, 4) is 0 Å². The van der Waals surface area contributed by atoms with Crippen LogP contribution < -0.4 is 10.6 Å². The third kappa shape index (κ3) is 3.29. The summed E-state index contributed by atoms with van der Waals surface area (Å²) in [7, 11) is -2.52. The summed E-state index contributed by atoms with van der Waals surface area (Å²) in [4.78, 5) is 0. The summed E-state index contributed by atoms with van der Waals surface area (Å²) in [5.74, 6) is 0. The van der Waals surface area contributed by atoms with Crippen molar-refractivity contribution in [2.45, 2.75) is 19.8 Å². The Kier molecular flexibility index (Phi) is 4.85. The van der Waals surface area contributed by atoms with Crippen molar-refractivity contribution in [1.82, 2.24) is 0 Å². The predicted octanol–water partition coefficient (Wildman–Crippen LogP) is 4.45. The summed E-state index contributed by atoms with van der Waals surface area (Å²) in [6, 6.07) is 17.2. The van der Waals surface area contributed by atoms with Gasteiger partial charge < -0.3 is 4.57 Å². The van der Waals surface area contributed by atoms with Gasteiger partial charge in [0.15, 0.2) is 0 Å².